The monoisotopic (exact) mass is 404 g/mol. The highest BCUT2D eigenvalue weighted by Crippen LogP contribution is 2.45. The maximum Gasteiger partial charge on any atom is 0.254 e. The van der Waals surface area contributed by atoms with E-state index in [1.54, 1.807) is 25.5 Å². The van der Waals surface area contributed by atoms with E-state index < -0.39 is 5.41 Å². The second kappa shape index (κ2) is 8.02. The number of aromatic amines is 1. The zero-order chi connectivity index (χ0) is 21.1. The molecule has 2 aromatic carbocycles. The maximum atomic E-state index is 12.9. The van der Waals surface area contributed by atoms with Crippen molar-refractivity contribution < 1.29 is 14.3 Å². The third-order valence-corrected chi connectivity index (χ3v) is 5.59. The van der Waals surface area contributed by atoms with E-state index in [-0.39, 0.29) is 11.8 Å². The van der Waals surface area contributed by atoms with Crippen LogP contribution in [0.4, 0.5) is 0 Å². The minimum atomic E-state index is -0.452. The van der Waals surface area contributed by atoms with Gasteiger partial charge in [0, 0.05) is 30.9 Å². The Kier molecular flexibility index (Phi) is 5.27. The second-order valence-electron chi connectivity index (χ2n) is 7.58. The summed E-state index contributed by atoms with van der Waals surface area (Å²) >= 11 is 0. The molecule has 1 unspecified atom stereocenters. The Morgan fingerprint density at radius 3 is 2.70 bits per heavy atom. The molecule has 0 aliphatic carbocycles. The van der Waals surface area contributed by atoms with Gasteiger partial charge in [-0.25, -0.2) is 0 Å². The van der Waals surface area contributed by atoms with Crippen molar-refractivity contribution in [1.29, 1.82) is 0 Å². The standard InChI is InChI=1S/C23H24N4O3/c1-23(17-6-4-3-5-7-17)14-30-20-18(22(29)24-2)10-16(11-19(20)23)21(28)25-9-8-15-12-26-27-13-15/h3-7,10-13H,8-9,14H2,1-2H3,(H,24,29)(H,25,28)(H,26,27). The van der Waals surface area contributed by atoms with Crippen molar-refractivity contribution in [3.63, 3.8) is 0 Å². The smallest absolute Gasteiger partial charge is 0.254 e. The van der Waals surface area contributed by atoms with Crippen LogP contribution in [0.2, 0.25) is 0 Å². The lowest BCUT2D eigenvalue weighted by molar-refractivity contribution is 0.0954. The number of rotatable bonds is 6. The van der Waals surface area contributed by atoms with E-state index in [4.69, 9.17) is 4.74 Å². The fraction of sp³-hybridized carbons (Fsp3) is 0.261. The SMILES string of the molecule is CNC(=O)c1cc(C(=O)NCCc2cn[nH]c2)cc2c1OCC2(C)c1ccccc1. The van der Waals surface area contributed by atoms with E-state index >= 15 is 0 Å². The highest BCUT2D eigenvalue weighted by molar-refractivity contribution is 6.02. The number of nitrogens with one attached hydrogen (secondary N) is 3. The lowest BCUT2D eigenvalue weighted by Gasteiger charge is -2.24. The maximum absolute atomic E-state index is 12.9. The van der Waals surface area contributed by atoms with Crippen molar-refractivity contribution >= 4 is 11.8 Å². The molecule has 0 fully saturated rings. The largest absolute Gasteiger partial charge is 0.491 e. The Balaban J connectivity index is 1.68. The highest BCUT2D eigenvalue weighted by Gasteiger charge is 2.40. The summed E-state index contributed by atoms with van der Waals surface area (Å²) in [7, 11) is 1.57. The Labute approximate surface area is 174 Å². The highest BCUT2D eigenvalue weighted by atomic mass is 16.5. The molecule has 30 heavy (non-hydrogen) atoms. The summed E-state index contributed by atoms with van der Waals surface area (Å²) in [6.07, 6.45) is 4.20. The van der Waals surface area contributed by atoms with Crippen molar-refractivity contribution in [1.82, 2.24) is 20.8 Å². The summed E-state index contributed by atoms with van der Waals surface area (Å²) in [5.41, 5.74) is 3.29. The number of benzene rings is 2. The molecule has 0 bridgehead atoms. The van der Waals surface area contributed by atoms with E-state index in [9.17, 15) is 9.59 Å². The summed E-state index contributed by atoms with van der Waals surface area (Å²) in [5.74, 6) is 0.0287. The van der Waals surface area contributed by atoms with Crippen LogP contribution in [0.5, 0.6) is 5.75 Å². The topological polar surface area (TPSA) is 96.1 Å². The molecule has 1 aliphatic heterocycles. The predicted molar refractivity (Wildman–Crippen MR) is 113 cm³/mol. The van der Waals surface area contributed by atoms with Crippen LogP contribution < -0.4 is 15.4 Å². The zero-order valence-electron chi connectivity index (χ0n) is 17.0. The number of carbonyl (C=O) groups excluding carboxylic acids is 2. The van der Waals surface area contributed by atoms with Crippen LogP contribution in [-0.2, 0) is 11.8 Å². The number of carbonyl (C=O) groups is 2. The molecule has 0 saturated heterocycles. The second-order valence-corrected chi connectivity index (χ2v) is 7.58. The quantitative estimate of drug-likeness (QED) is 0.588. The van der Waals surface area contributed by atoms with Gasteiger partial charge in [0.05, 0.1) is 17.2 Å². The lowest BCUT2D eigenvalue weighted by atomic mass is 9.77. The Morgan fingerprint density at radius 1 is 1.20 bits per heavy atom. The molecule has 2 amide bonds. The van der Waals surface area contributed by atoms with Gasteiger partial charge in [0.15, 0.2) is 0 Å². The number of amides is 2. The molecule has 3 aromatic rings. The van der Waals surface area contributed by atoms with E-state index in [0.717, 1.165) is 16.7 Å². The molecule has 0 saturated carbocycles. The first-order valence-corrected chi connectivity index (χ1v) is 9.87. The van der Waals surface area contributed by atoms with Gasteiger partial charge < -0.3 is 15.4 Å². The molecule has 0 radical (unpaired) electrons. The third kappa shape index (κ3) is 3.54. The number of aromatic nitrogens is 2. The average Bonchev–Trinajstić information content (AvgIpc) is 3.42. The van der Waals surface area contributed by atoms with E-state index in [0.29, 0.717) is 36.4 Å². The molecule has 2 heterocycles. The Bertz CT molecular complexity index is 1060. The van der Waals surface area contributed by atoms with Gasteiger partial charge in [0.1, 0.15) is 12.4 Å². The van der Waals surface area contributed by atoms with Gasteiger partial charge in [-0.3, -0.25) is 14.7 Å². The fourth-order valence-electron chi connectivity index (χ4n) is 3.80. The molecule has 154 valence electrons. The Morgan fingerprint density at radius 2 is 2.00 bits per heavy atom. The van der Waals surface area contributed by atoms with E-state index in [1.807, 2.05) is 36.4 Å². The van der Waals surface area contributed by atoms with Gasteiger partial charge in [0.2, 0.25) is 0 Å². The van der Waals surface area contributed by atoms with Gasteiger partial charge in [-0.05, 0) is 36.6 Å². The van der Waals surface area contributed by atoms with Gasteiger partial charge in [-0.15, -0.1) is 0 Å². The molecule has 7 heteroatoms. The number of H-pyrrole nitrogens is 1. The minimum Gasteiger partial charge on any atom is -0.491 e. The first-order valence-electron chi connectivity index (χ1n) is 9.87. The summed E-state index contributed by atoms with van der Waals surface area (Å²) in [4.78, 5) is 25.4. The van der Waals surface area contributed by atoms with Crippen LogP contribution in [0.25, 0.3) is 0 Å². The normalized spacial score (nSPS) is 17.1. The number of hydrogen-bond donors (Lipinski definition) is 3. The summed E-state index contributed by atoms with van der Waals surface area (Å²) < 4.78 is 5.98. The van der Waals surface area contributed by atoms with Crippen LogP contribution in [0.3, 0.4) is 0 Å². The van der Waals surface area contributed by atoms with Crippen LogP contribution in [-0.4, -0.2) is 42.2 Å². The van der Waals surface area contributed by atoms with Gasteiger partial charge in [0.25, 0.3) is 11.8 Å². The lowest BCUT2D eigenvalue weighted by Crippen LogP contribution is -2.28. The third-order valence-electron chi connectivity index (χ3n) is 5.59. The van der Waals surface area contributed by atoms with Crippen LogP contribution >= 0.6 is 0 Å². The van der Waals surface area contributed by atoms with Gasteiger partial charge in [-0.1, -0.05) is 30.3 Å². The van der Waals surface area contributed by atoms with Crippen molar-refractivity contribution in [2.75, 3.05) is 20.2 Å². The summed E-state index contributed by atoms with van der Waals surface area (Å²) in [5, 5.41) is 12.2. The number of fused-ring (bicyclic) bond motifs is 1. The van der Waals surface area contributed by atoms with Crippen LogP contribution in [0.15, 0.2) is 54.9 Å². The minimum absolute atomic E-state index is 0.228. The average molecular weight is 404 g/mol. The van der Waals surface area contributed by atoms with Crippen molar-refractivity contribution in [2.45, 2.75) is 18.8 Å². The number of ether oxygens (including phenoxy) is 1. The zero-order valence-corrected chi connectivity index (χ0v) is 17.0. The Hall–Kier alpha value is -3.61. The molecular formula is C23H24N4O3. The fourth-order valence-corrected chi connectivity index (χ4v) is 3.80. The van der Waals surface area contributed by atoms with E-state index in [1.165, 1.54) is 0 Å². The van der Waals surface area contributed by atoms with Crippen LogP contribution in [0.1, 0.15) is 44.3 Å². The van der Waals surface area contributed by atoms with Crippen LogP contribution in [0, 0.1) is 0 Å². The molecule has 3 N–H and O–H groups in total. The predicted octanol–water partition coefficient (Wildman–Crippen LogP) is 2.44. The number of nitrogens with zero attached hydrogens (tertiary/aromatic N) is 1. The molecule has 1 aromatic heterocycles. The van der Waals surface area contributed by atoms with Crippen molar-refractivity contribution in [3.05, 3.63) is 82.7 Å². The van der Waals surface area contributed by atoms with E-state index in [2.05, 4.69) is 27.8 Å². The van der Waals surface area contributed by atoms with Gasteiger partial charge >= 0.3 is 0 Å². The summed E-state index contributed by atoms with van der Waals surface area (Å²) in [6, 6.07) is 13.4. The molecule has 0 spiro atoms. The molecule has 1 aliphatic rings. The summed E-state index contributed by atoms with van der Waals surface area (Å²) in [6.45, 7) is 2.95. The molecule has 1 atom stereocenters. The molecular weight excluding hydrogens is 380 g/mol. The number of hydrogen-bond acceptors (Lipinski definition) is 4. The van der Waals surface area contributed by atoms with Gasteiger partial charge in [-0.2, -0.15) is 5.10 Å². The molecule has 7 nitrogen and oxygen atoms in total. The van der Waals surface area contributed by atoms with Crippen molar-refractivity contribution in [2.24, 2.45) is 0 Å². The molecule has 4 rings (SSSR count). The van der Waals surface area contributed by atoms with Crippen molar-refractivity contribution in [3.8, 4) is 5.75 Å². The first-order chi connectivity index (χ1) is 14.5. The first kappa shape index (κ1) is 19.7.